The van der Waals surface area contributed by atoms with Crippen LogP contribution in [0.25, 0.3) is 0 Å². The molecule has 1 saturated heterocycles. The van der Waals surface area contributed by atoms with Gasteiger partial charge >= 0.3 is 5.97 Å². The molecule has 0 aliphatic carbocycles. The topological polar surface area (TPSA) is 77.8 Å². The number of carbonyl (C=O) groups excluding carboxylic acids is 1. The van der Waals surface area contributed by atoms with E-state index >= 15 is 0 Å². The van der Waals surface area contributed by atoms with Crippen LogP contribution < -0.4 is 0 Å². The third-order valence-corrected chi connectivity index (χ3v) is 2.29. The molecule has 1 fully saturated rings. The zero-order valence-electron chi connectivity index (χ0n) is 8.22. The average Bonchev–Trinajstić information content (AvgIpc) is 2.46. The molecule has 1 heterocycles. The van der Waals surface area contributed by atoms with E-state index in [0.29, 0.717) is 6.54 Å². The van der Waals surface area contributed by atoms with Crippen molar-refractivity contribution in [3.8, 4) is 12.3 Å². The lowest BCUT2D eigenvalue weighted by molar-refractivity contribution is -0.140. The fraction of sp³-hybridized carbons (Fsp3) is 0.600. The first-order valence-corrected chi connectivity index (χ1v) is 4.66. The molecule has 0 aromatic carbocycles. The van der Waals surface area contributed by atoms with Crippen LogP contribution in [0.15, 0.2) is 0 Å². The summed E-state index contributed by atoms with van der Waals surface area (Å²) >= 11 is 0. The molecule has 5 nitrogen and oxygen atoms in total. The largest absolute Gasteiger partial charge is 0.481 e. The summed E-state index contributed by atoms with van der Waals surface area (Å²) in [6.07, 6.45) is 4.09. The van der Waals surface area contributed by atoms with Crippen molar-refractivity contribution in [1.82, 2.24) is 4.90 Å². The maximum absolute atomic E-state index is 11.3. The van der Waals surface area contributed by atoms with E-state index in [1.807, 2.05) is 0 Å². The predicted octanol–water partition coefficient (Wildman–Crippen LogP) is -0.696. The molecule has 5 heteroatoms. The summed E-state index contributed by atoms with van der Waals surface area (Å²) in [6.45, 7) is 0.454. The second-order valence-corrected chi connectivity index (χ2v) is 3.62. The average molecular weight is 211 g/mol. The lowest BCUT2D eigenvalue weighted by Gasteiger charge is -2.18. The number of aliphatic hydroxyl groups excluding tert-OH is 1. The highest BCUT2D eigenvalue weighted by atomic mass is 16.4. The van der Waals surface area contributed by atoms with Crippen LogP contribution in [0.2, 0.25) is 0 Å². The molecule has 2 atom stereocenters. The van der Waals surface area contributed by atoms with Gasteiger partial charge in [0.25, 0.3) is 0 Å². The Morgan fingerprint density at radius 1 is 1.73 bits per heavy atom. The summed E-state index contributed by atoms with van der Waals surface area (Å²) in [6, 6.07) is 0. The van der Waals surface area contributed by atoms with Crippen LogP contribution in [0.5, 0.6) is 0 Å². The first kappa shape index (κ1) is 11.5. The number of carboxylic acids is 1. The first-order chi connectivity index (χ1) is 7.02. The zero-order chi connectivity index (χ0) is 11.4. The van der Waals surface area contributed by atoms with E-state index in [4.69, 9.17) is 11.5 Å². The summed E-state index contributed by atoms with van der Waals surface area (Å²) in [5.74, 6) is 1.16. The van der Waals surface area contributed by atoms with Crippen LogP contribution in [0.1, 0.15) is 12.8 Å². The molecule has 0 saturated carbocycles. The molecule has 2 unspecified atom stereocenters. The number of rotatable bonds is 4. The molecule has 15 heavy (non-hydrogen) atoms. The Morgan fingerprint density at radius 3 is 2.87 bits per heavy atom. The Hall–Kier alpha value is -1.54. The number of amides is 1. The number of aliphatic hydroxyl groups is 1. The van der Waals surface area contributed by atoms with Crippen LogP contribution in [-0.2, 0) is 9.59 Å². The summed E-state index contributed by atoms with van der Waals surface area (Å²) in [5, 5.41) is 17.8. The van der Waals surface area contributed by atoms with Crippen molar-refractivity contribution >= 4 is 11.9 Å². The lowest BCUT2D eigenvalue weighted by atomic mass is 10.1. The van der Waals surface area contributed by atoms with Gasteiger partial charge < -0.3 is 15.1 Å². The fourth-order valence-electron chi connectivity index (χ4n) is 1.58. The van der Waals surface area contributed by atoms with Gasteiger partial charge in [-0.2, -0.15) is 0 Å². The van der Waals surface area contributed by atoms with Crippen molar-refractivity contribution in [2.75, 3.05) is 13.1 Å². The molecular formula is C10H13NO4. The van der Waals surface area contributed by atoms with Gasteiger partial charge in [-0.25, -0.2) is 0 Å². The normalized spacial score (nSPS) is 22.5. The Bertz CT molecular complexity index is 307. The molecule has 0 radical (unpaired) electrons. The Balaban J connectivity index is 2.43. The number of β-amino-alcohol motifs (C(OH)–C–C–N with tert-alkyl or cyclic N) is 1. The molecule has 1 aliphatic rings. The molecule has 82 valence electrons. The number of terminal acetylenes is 1. The third-order valence-electron chi connectivity index (χ3n) is 2.29. The highest BCUT2D eigenvalue weighted by Crippen LogP contribution is 2.17. The summed E-state index contributed by atoms with van der Waals surface area (Å²) in [4.78, 5) is 23.0. The van der Waals surface area contributed by atoms with Crippen molar-refractivity contribution in [2.24, 2.45) is 5.92 Å². The monoisotopic (exact) mass is 211 g/mol. The van der Waals surface area contributed by atoms with Crippen molar-refractivity contribution in [3.63, 3.8) is 0 Å². The van der Waals surface area contributed by atoms with Gasteiger partial charge in [0.15, 0.2) is 0 Å². The SMILES string of the molecule is C#CC1CC(=O)N(CC(O)CC(=O)O)C1. The van der Waals surface area contributed by atoms with Crippen LogP contribution in [0, 0.1) is 18.3 Å². The van der Waals surface area contributed by atoms with Gasteiger partial charge in [0.2, 0.25) is 5.91 Å². The quantitative estimate of drug-likeness (QED) is 0.603. The molecule has 1 aliphatic heterocycles. The van der Waals surface area contributed by atoms with Crippen molar-refractivity contribution < 1.29 is 19.8 Å². The van der Waals surface area contributed by atoms with Crippen molar-refractivity contribution in [3.05, 3.63) is 0 Å². The molecule has 2 N–H and O–H groups in total. The van der Waals surface area contributed by atoms with Gasteiger partial charge in [-0.1, -0.05) is 0 Å². The highest BCUT2D eigenvalue weighted by Gasteiger charge is 2.29. The maximum Gasteiger partial charge on any atom is 0.306 e. The Labute approximate surface area is 87.7 Å². The van der Waals surface area contributed by atoms with E-state index in [2.05, 4.69) is 5.92 Å². The van der Waals surface area contributed by atoms with Gasteiger partial charge in [0.1, 0.15) is 0 Å². The van der Waals surface area contributed by atoms with Gasteiger partial charge in [-0.3, -0.25) is 9.59 Å². The minimum atomic E-state index is -1.08. The predicted molar refractivity (Wildman–Crippen MR) is 51.8 cm³/mol. The van der Waals surface area contributed by atoms with Gasteiger partial charge in [-0.15, -0.1) is 12.3 Å². The fourth-order valence-corrected chi connectivity index (χ4v) is 1.58. The van der Waals surface area contributed by atoms with E-state index in [0.717, 1.165) is 0 Å². The van der Waals surface area contributed by atoms with Gasteiger partial charge in [-0.05, 0) is 0 Å². The van der Waals surface area contributed by atoms with Crippen LogP contribution in [-0.4, -0.2) is 46.2 Å². The molecule has 0 spiro atoms. The van der Waals surface area contributed by atoms with Crippen molar-refractivity contribution in [1.29, 1.82) is 0 Å². The van der Waals surface area contributed by atoms with Gasteiger partial charge in [0, 0.05) is 25.4 Å². The summed E-state index contributed by atoms with van der Waals surface area (Å²) < 4.78 is 0. The van der Waals surface area contributed by atoms with E-state index in [9.17, 15) is 14.7 Å². The van der Waals surface area contributed by atoms with Crippen LogP contribution >= 0.6 is 0 Å². The van der Waals surface area contributed by atoms with E-state index in [1.165, 1.54) is 4.90 Å². The number of carbonyl (C=O) groups is 2. The maximum atomic E-state index is 11.3. The molecule has 0 aromatic heterocycles. The van der Waals surface area contributed by atoms with E-state index < -0.39 is 12.1 Å². The van der Waals surface area contributed by atoms with E-state index in [-0.39, 0.29) is 31.2 Å². The number of nitrogens with zero attached hydrogens (tertiary/aromatic N) is 1. The second kappa shape index (κ2) is 4.80. The molecular weight excluding hydrogens is 198 g/mol. The van der Waals surface area contributed by atoms with Crippen LogP contribution in [0.4, 0.5) is 0 Å². The third kappa shape index (κ3) is 3.26. The summed E-state index contributed by atoms with van der Waals surface area (Å²) in [7, 11) is 0. The van der Waals surface area contributed by atoms with Crippen LogP contribution in [0.3, 0.4) is 0 Å². The summed E-state index contributed by atoms with van der Waals surface area (Å²) in [5.41, 5.74) is 0. The number of carboxylic acid groups (broad SMARTS) is 1. The molecule has 1 rings (SSSR count). The number of hydrogen-bond donors (Lipinski definition) is 2. The molecule has 0 aromatic rings. The smallest absolute Gasteiger partial charge is 0.306 e. The second-order valence-electron chi connectivity index (χ2n) is 3.62. The zero-order valence-corrected chi connectivity index (χ0v) is 8.22. The molecule has 0 bridgehead atoms. The van der Waals surface area contributed by atoms with E-state index in [1.54, 1.807) is 0 Å². The highest BCUT2D eigenvalue weighted by molar-refractivity contribution is 5.79. The van der Waals surface area contributed by atoms with Crippen molar-refractivity contribution in [2.45, 2.75) is 18.9 Å². The standard InChI is InChI=1S/C10H13NO4/c1-2-7-3-9(13)11(5-7)6-8(12)4-10(14)15/h1,7-8,12H,3-6H2,(H,14,15). The first-order valence-electron chi connectivity index (χ1n) is 4.66. The van der Waals surface area contributed by atoms with Gasteiger partial charge in [0.05, 0.1) is 12.5 Å². The molecule has 1 amide bonds. The lowest BCUT2D eigenvalue weighted by Crippen LogP contribution is -2.34. The minimum Gasteiger partial charge on any atom is -0.481 e. The Morgan fingerprint density at radius 2 is 2.40 bits per heavy atom. The minimum absolute atomic E-state index is 0.0450. The Kier molecular flexibility index (Phi) is 3.69. The number of likely N-dealkylation sites (tertiary alicyclic amines) is 1. The number of hydrogen-bond acceptors (Lipinski definition) is 3. The number of aliphatic carboxylic acids is 1.